The highest BCUT2D eigenvalue weighted by Crippen LogP contribution is 2.27. The summed E-state index contributed by atoms with van der Waals surface area (Å²) in [6.45, 7) is 2.39. The number of hydrogen-bond acceptors (Lipinski definition) is 4. The molecule has 0 spiro atoms. The number of carbonyl (C=O) groups excluding carboxylic acids is 1. The SMILES string of the molecule is COc1ccc(CCNC(=O)c2cccc(C)n2)cc1OC. The molecule has 5 nitrogen and oxygen atoms in total. The van der Waals surface area contributed by atoms with Crippen molar-refractivity contribution < 1.29 is 14.3 Å². The summed E-state index contributed by atoms with van der Waals surface area (Å²) in [5.74, 6) is 1.22. The number of hydrogen-bond donors (Lipinski definition) is 1. The molecule has 0 saturated carbocycles. The minimum atomic E-state index is -0.163. The number of rotatable bonds is 6. The smallest absolute Gasteiger partial charge is 0.269 e. The zero-order valence-electron chi connectivity index (χ0n) is 13.1. The monoisotopic (exact) mass is 300 g/mol. The summed E-state index contributed by atoms with van der Waals surface area (Å²) in [6.07, 6.45) is 0.706. The third kappa shape index (κ3) is 3.97. The lowest BCUT2D eigenvalue weighted by molar-refractivity contribution is 0.0949. The normalized spacial score (nSPS) is 10.1. The Hall–Kier alpha value is -2.56. The van der Waals surface area contributed by atoms with Crippen LogP contribution in [-0.4, -0.2) is 31.7 Å². The van der Waals surface area contributed by atoms with Crippen LogP contribution >= 0.6 is 0 Å². The molecule has 2 aromatic rings. The van der Waals surface area contributed by atoms with Gasteiger partial charge in [0.15, 0.2) is 11.5 Å². The number of methoxy groups -OCH3 is 2. The fourth-order valence-corrected chi connectivity index (χ4v) is 2.12. The molecular formula is C17H20N2O3. The molecule has 0 bridgehead atoms. The highest BCUT2D eigenvalue weighted by Gasteiger charge is 2.08. The van der Waals surface area contributed by atoms with Crippen molar-refractivity contribution in [3.05, 3.63) is 53.3 Å². The van der Waals surface area contributed by atoms with Gasteiger partial charge in [0.05, 0.1) is 14.2 Å². The molecule has 5 heteroatoms. The summed E-state index contributed by atoms with van der Waals surface area (Å²) in [7, 11) is 3.21. The van der Waals surface area contributed by atoms with Gasteiger partial charge in [-0.05, 0) is 43.2 Å². The summed E-state index contributed by atoms with van der Waals surface area (Å²) >= 11 is 0. The molecule has 1 aromatic heterocycles. The number of carbonyl (C=O) groups is 1. The minimum absolute atomic E-state index is 0.163. The van der Waals surface area contributed by atoms with Gasteiger partial charge in [-0.2, -0.15) is 0 Å². The number of aromatic nitrogens is 1. The fourth-order valence-electron chi connectivity index (χ4n) is 2.12. The van der Waals surface area contributed by atoms with Crippen LogP contribution in [0, 0.1) is 6.92 Å². The van der Waals surface area contributed by atoms with E-state index >= 15 is 0 Å². The van der Waals surface area contributed by atoms with Crippen molar-refractivity contribution in [3.8, 4) is 11.5 Å². The lowest BCUT2D eigenvalue weighted by atomic mass is 10.1. The van der Waals surface area contributed by atoms with Crippen LogP contribution in [0.2, 0.25) is 0 Å². The van der Waals surface area contributed by atoms with E-state index in [1.54, 1.807) is 20.3 Å². The maximum atomic E-state index is 12.0. The molecule has 0 unspecified atom stereocenters. The average Bonchev–Trinajstić information content (AvgIpc) is 2.54. The molecule has 0 atom stereocenters. The summed E-state index contributed by atoms with van der Waals surface area (Å²) < 4.78 is 10.5. The van der Waals surface area contributed by atoms with Gasteiger partial charge in [0.2, 0.25) is 0 Å². The number of amides is 1. The Morgan fingerprint density at radius 1 is 1.14 bits per heavy atom. The number of ether oxygens (including phenoxy) is 2. The molecule has 0 aliphatic heterocycles. The van der Waals surface area contributed by atoms with Crippen molar-refractivity contribution in [1.29, 1.82) is 0 Å². The van der Waals surface area contributed by atoms with Gasteiger partial charge in [0.1, 0.15) is 5.69 Å². The Balaban J connectivity index is 1.92. The Kier molecular flexibility index (Phi) is 5.36. The highest BCUT2D eigenvalue weighted by molar-refractivity contribution is 5.92. The molecule has 0 aliphatic rings. The van der Waals surface area contributed by atoms with E-state index in [-0.39, 0.29) is 5.91 Å². The maximum absolute atomic E-state index is 12.0. The molecule has 0 aliphatic carbocycles. The quantitative estimate of drug-likeness (QED) is 0.890. The third-order valence-corrected chi connectivity index (χ3v) is 3.27. The molecular weight excluding hydrogens is 280 g/mol. The number of aryl methyl sites for hydroxylation is 1. The summed E-state index contributed by atoms with van der Waals surface area (Å²) in [4.78, 5) is 16.2. The number of nitrogens with one attached hydrogen (secondary N) is 1. The van der Waals surface area contributed by atoms with Crippen LogP contribution in [0.3, 0.4) is 0 Å². The minimum Gasteiger partial charge on any atom is -0.493 e. The first-order valence-corrected chi connectivity index (χ1v) is 7.07. The van der Waals surface area contributed by atoms with E-state index in [1.807, 2.05) is 37.3 Å². The molecule has 22 heavy (non-hydrogen) atoms. The first-order chi connectivity index (χ1) is 10.6. The second-order valence-corrected chi connectivity index (χ2v) is 4.86. The Bertz CT molecular complexity index is 656. The number of nitrogens with zero attached hydrogens (tertiary/aromatic N) is 1. The van der Waals surface area contributed by atoms with Crippen LogP contribution < -0.4 is 14.8 Å². The summed E-state index contributed by atoms with van der Waals surface area (Å²) in [6, 6.07) is 11.1. The second-order valence-electron chi connectivity index (χ2n) is 4.86. The fraction of sp³-hybridized carbons (Fsp3) is 0.294. The predicted molar refractivity (Wildman–Crippen MR) is 84.6 cm³/mol. The molecule has 1 N–H and O–H groups in total. The van der Waals surface area contributed by atoms with Gasteiger partial charge in [0.25, 0.3) is 5.91 Å². The van der Waals surface area contributed by atoms with Gasteiger partial charge < -0.3 is 14.8 Å². The maximum Gasteiger partial charge on any atom is 0.269 e. The Morgan fingerprint density at radius 3 is 2.59 bits per heavy atom. The van der Waals surface area contributed by atoms with Gasteiger partial charge >= 0.3 is 0 Å². The van der Waals surface area contributed by atoms with Gasteiger partial charge in [-0.15, -0.1) is 0 Å². The molecule has 1 heterocycles. The van der Waals surface area contributed by atoms with Crippen molar-refractivity contribution in [2.75, 3.05) is 20.8 Å². The van der Waals surface area contributed by atoms with Gasteiger partial charge in [-0.25, -0.2) is 4.98 Å². The third-order valence-electron chi connectivity index (χ3n) is 3.27. The Morgan fingerprint density at radius 2 is 1.91 bits per heavy atom. The number of pyridine rings is 1. The molecule has 0 fully saturated rings. The zero-order chi connectivity index (χ0) is 15.9. The van der Waals surface area contributed by atoms with E-state index in [9.17, 15) is 4.79 Å². The van der Waals surface area contributed by atoms with E-state index in [0.29, 0.717) is 30.2 Å². The Labute approximate surface area is 130 Å². The average molecular weight is 300 g/mol. The van der Waals surface area contributed by atoms with Crippen molar-refractivity contribution in [2.45, 2.75) is 13.3 Å². The predicted octanol–water partition coefficient (Wildman–Crippen LogP) is 2.38. The van der Waals surface area contributed by atoms with Gasteiger partial charge in [-0.1, -0.05) is 12.1 Å². The second kappa shape index (κ2) is 7.45. The summed E-state index contributed by atoms with van der Waals surface area (Å²) in [5.41, 5.74) is 2.33. The van der Waals surface area contributed by atoms with Gasteiger partial charge in [0, 0.05) is 12.2 Å². The van der Waals surface area contributed by atoms with Crippen LogP contribution in [0.15, 0.2) is 36.4 Å². The lowest BCUT2D eigenvalue weighted by Gasteiger charge is -2.10. The molecule has 0 radical (unpaired) electrons. The van der Waals surface area contributed by atoms with E-state index in [4.69, 9.17) is 9.47 Å². The topological polar surface area (TPSA) is 60.5 Å². The van der Waals surface area contributed by atoms with Crippen LogP contribution in [0.5, 0.6) is 11.5 Å². The first-order valence-electron chi connectivity index (χ1n) is 7.07. The van der Waals surface area contributed by atoms with Crippen molar-refractivity contribution >= 4 is 5.91 Å². The number of benzene rings is 1. The van der Waals surface area contributed by atoms with Crippen LogP contribution in [0.25, 0.3) is 0 Å². The standard InChI is InChI=1S/C17H20N2O3/c1-12-5-4-6-14(19-12)17(20)18-10-9-13-7-8-15(21-2)16(11-13)22-3/h4-8,11H,9-10H2,1-3H3,(H,18,20). The molecule has 1 amide bonds. The van der Waals surface area contributed by atoms with Crippen LogP contribution in [0.1, 0.15) is 21.7 Å². The lowest BCUT2D eigenvalue weighted by Crippen LogP contribution is -2.26. The highest BCUT2D eigenvalue weighted by atomic mass is 16.5. The largest absolute Gasteiger partial charge is 0.493 e. The van der Waals surface area contributed by atoms with Gasteiger partial charge in [-0.3, -0.25) is 4.79 Å². The molecule has 1 aromatic carbocycles. The van der Waals surface area contributed by atoms with E-state index < -0.39 is 0 Å². The van der Waals surface area contributed by atoms with Crippen LogP contribution in [-0.2, 0) is 6.42 Å². The van der Waals surface area contributed by atoms with E-state index in [0.717, 1.165) is 11.3 Å². The van der Waals surface area contributed by atoms with Crippen molar-refractivity contribution in [3.63, 3.8) is 0 Å². The van der Waals surface area contributed by atoms with E-state index in [1.165, 1.54) is 0 Å². The van der Waals surface area contributed by atoms with E-state index in [2.05, 4.69) is 10.3 Å². The molecule has 0 saturated heterocycles. The zero-order valence-corrected chi connectivity index (χ0v) is 13.1. The van der Waals surface area contributed by atoms with Crippen molar-refractivity contribution in [1.82, 2.24) is 10.3 Å². The molecule has 2 rings (SSSR count). The summed E-state index contributed by atoms with van der Waals surface area (Å²) in [5, 5.41) is 2.87. The molecule has 116 valence electrons. The van der Waals surface area contributed by atoms with Crippen molar-refractivity contribution in [2.24, 2.45) is 0 Å². The first kappa shape index (κ1) is 15.8. The van der Waals surface area contributed by atoms with Crippen LogP contribution in [0.4, 0.5) is 0 Å².